The maximum atomic E-state index is 12.1. The van der Waals surface area contributed by atoms with Gasteiger partial charge in [0.1, 0.15) is 5.25 Å². The molecule has 1 unspecified atom stereocenters. The van der Waals surface area contributed by atoms with Gasteiger partial charge in [0.2, 0.25) is 0 Å². The van der Waals surface area contributed by atoms with Crippen LogP contribution in [0.25, 0.3) is 0 Å². The molecule has 0 aromatic heterocycles. The molecule has 0 heterocycles. The first kappa shape index (κ1) is 15.4. The van der Waals surface area contributed by atoms with Gasteiger partial charge in [-0.25, -0.2) is 8.42 Å². The highest BCUT2D eigenvalue weighted by molar-refractivity contribution is 9.10. The zero-order chi connectivity index (χ0) is 13.9. The summed E-state index contributed by atoms with van der Waals surface area (Å²) in [6.45, 7) is 5.12. The second-order valence-electron chi connectivity index (χ2n) is 4.74. The lowest BCUT2D eigenvalue weighted by Gasteiger charge is -2.13. The van der Waals surface area contributed by atoms with Crippen LogP contribution in [0.5, 0.6) is 0 Å². The van der Waals surface area contributed by atoms with Crippen LogP contribution in [0.2, 0.25) is 0 Å². The number of carbonyl (C=O) groups is 1. The molecule has 0 aliphatic rings. The summed E-state index contributed by atoms with van der Waals surface area (Å²) in [5.41, 5.74) is 0.429. The van der Waals surface area contributed by atoms with E-state index in [9.17, 15) is 13.2 Å². The van der Waals surface area contributed by atoms with Gasteiger partial charge in [-0.3, -0.25) is 4.79 Å². The third-order valence-corrected chi connectivity index (χ3v) is 5.55. The molecular weight excluding hydrogens is 316 g/mol. The number of ketones is 1. The largest absolute Gasteiger partial charge is 0.293 e. The van der Waals surface area contributed by atoms with Gasteiger partial charge in [-0.05, 0) is 25.0 Å². The van der Waals surface area contributed by atoms with E-state index in [2.05, 4.69) is 15.9 Å². The third-order valence-electron chi connectivity index (χ3n) is 2.60. The molecule has 0 saturated carbocycles. The monoisotopic (exact) mass is 332 g/mol. The number of halogens is 1. The fourth-order valence-electron chi connectivity index (χ4n) is 1.62. The van der Waals surface area contributed by atoms with Crippen LogP contribution >= 0.6 is 15.9 Å². The zero-order valence-corrected chi connectivity index (χ0v) is 13.1. The number of carbonyl (C=O) groups excluding carboxylic acids is 1. The summed E-state index contributed by atoms with van der Waals surface area (Å²) in [7, 11) is -3.38. The molecule has 0 aliphatic carbocycles. The minimum atomic E-state index is -3.38. The smallest absolute Gasteiger partial charge is 0.180 e. The second kappa shape index (κ2) is 5.97. The van der Waals surface area contributed by atoms with Crippen molar-refractivity contribution in [2.45, 2.75) is 26.0 Å². The maximum absolute atomic E-state index is 12.1. The molecule has 0 spiro atoms. The molecule has 0 N–H and O–H groups in total. The van der Waals surface area contributed by atoms with Gasteiger partial charge >= 0.3 is 0 Å². The van der Waals surface area contributed by atoms with Crippen LogP contribution in [0.4, 0.5) is 0 Å². The Kier molecular flexibility index (Phi) is 5.10. The minimum absolute atomic E-state index is 0.0233. The molecule has 0 radical (unpaired) electrons. The average Bonchev–Trinajstić information content (AvgIpc) is 2.26. The van der Waals surface area contributed by atoms with E-state index < -0.39 is 15.1 Å². The van der Waals surface area contributed by atoms with E-state index in [-0.39, 0.29) is 17.5 Å². The maximum Gasteiger partial charge on any atom is 0.180 e. The van der Waals surface area contributed by atoms with E-state index >= 15 is 0 Å². The lowest BCUT2D eigenvalue weighted by Crippen LogP contribution is -2.31. The Morgan fingerprint density at radius 1 is 1.17 bits per heavy atom. The number of hydrogen-bond acceptors (Lipinski definition) is 3. The predicted octanol–water partition coefficient (Wildman–Crippen LogP) is 3.09. The summed E-state index contributed by atoms with van der Waals surface area (Å²) in [4.78, 5) is 12.1. The van der Waals surface area contributed by atoms with Gasteiger partial charge in [0.15, 0.2) is 15.6 Å². The van der Waals surface area contributed by atoms with Crippen molar-refractivity contribution in [3.63, 3.8) is 0 Å². The van der Waals surface area contributed by atoms with E-state index in [1.807, 2.05) is 13.8 Å². The Bertz CT molecular complexity index is 518. The number of Topliss-reactive ketones (excluding diaryl/α,β-unsaturated/α-hetero) is 1. The molecule has 100 valence electrons. The molecule has 3 nitrogen and oxygen atoms in total. The number of hydrogen-bond donors (Lipinski definition) is 0. The SMILES string of the molecule is CC(C)CS(=O)(=O)C(C)C(=O)c1ccc(Br)cc1. The molecule has 18 heavy (non-hydrogen) atoms. The van der Waals surface area contributed by atoms with Crippen molar-refractivity contribution in [2.75, 3.05) is 5.75 Å². The van der Waals surface area contributed by atoms with Gasteiger partial charge in [0.05, 0.1) is 5.75 Å². The number of sulfone groups is 1. The summed E-state index contributed by atoms with van der Waals surface area (Å²) in [6.07, 6.45) is 0. The van der Waals surface area contributed by atoms with Crippen molar-refractivity contribution < 1.29 is 13.2 Å². The summed E-state index contributed by atoms with van der Waals surface area (Å²) in [5, 5.41) is -0.985. The average molecular weight is 333 g/mol. The van der Waals surface area contributed by atoms with Gasteiger partial charge in [-0.1, -0.05) is 41.9 Å². The Balaban J connectivity index is 2.94. The highest BCUT2D eigenvalue weighted by Crippen LogP contribution is 2.16. The molecular formula is C13H17BrO3S. The van der Waals surface area contributed by atoms with Gasteiger partial charge < -0.3 is 0 Å². The van der Waals surface area contributed by atoms with Gasteiger partial charge in [-0.15, -0.1) is 0 Å². The fraction of sp³-hybridized carbons (Fsp3) is 0.462. The summed E-state index contributed by atoms with van der Waals surface area (Å²) in [5.74, 6) is -0.283. The van der Waals surface area contributed by atoms with Crippen LogP contribution in [0.15, 0.2) is 28.7 Å². The Hall–Kier alpha value is -0.680. The molecule has 0 amide bonds. The van der Waals surface area contributed by atoms with Crippen LogP contribution in [0, 0.1) is 5.92 Å². The first-order valence-corrected chi connectivity index (χ1v) is 8.26. The van der Waals surface area contributed by atoms with E-state index in [0.717, 1.165) is 4.47 Å². The quantitative estimate of drug-likeness (QED) is 0.778. The summed E-state index contributed by atoms with van der Waals surface area (Å²) < 4.78 is 24.8. The molecule has 0 saturated heterocycles. The molecule has 1 aromatic carbocycles. The van der Waals surface area contributed by atoms with Gasteiger partial charge in [0.25, 0.3) is 0 Å². The van der Waals surface area contributed by atoms with Crippen LogP contribution in [-0.4, -0.2) is 25.2 Å². The van der Waals surface area contributed by atoms with Crippen molar-refractivity contribution in [1.29, 1.82) is 0 Å². The van der Waals surface area contributed by atoms with Crippen LogP contribution in [0.3, 0.4) is 0 Å². The lowest BCUT2D eigenvalue weighted by molar-refractivity contribution is 0.0991. The van der Waals surface area contributed by atoms with E-state index in [4.69, 9.17) is 0 Å². The Labute approximate surface area is 117 Å². The molecule has 0 fully saturated rings. The number of benzene rings is 1. The highest BCUT2D eigenvalue weighted by Gasteiger charge is 2.29. The second-order valence-corrected chi connectivity index (χ2v) is 8.02. The molecule has 0 bridgehead atoms. The van der Waals surface area contributed by atoms with Crippen molar-refractivity contribution >= 4 is 31.6 Å². The van der Waals surface area contributed by atoms with Crippen molar-refractivity contribution in [2.24, 2.45) is 5.92 Å². The molecule has 5 heteroatoms. The topological polar surface area (TPSA) is 51.2 Å². The fourth-order valence-corrected chi connectivity index (χ4v) is 3.57. The zero-order valence-electron chi connectivity index (χ0n) is 10.7. The minimum Gasteiger partial charge on any atom is -0.293 e. The van der Waals surface area contributed by atoms with E-state index in [0.29, 0.717) is 5.56 Å². The van der Waals surface area contributed by atoms with Crippen molar-refractivity contribution in [3.05, 3.63) is 34.3 Å². The molecule has 1 atom stereocenters. The first-order chi connectivity index (χ1) is 8.24. The number of rotatable bonds is 5. The van der Waals surface area contributed by atoms with Crippen LogP contribution in [0.1, 0.15) is 31.1 Å². The Morgan fingerprint density at radius 3 is 2.11 bits per heavy atom. The summed E-state index contributed by atoms with van der Waals surface area (Å²) in [6, 6.07) is 6.73. The molecule has 0 aliphatic heterocycles. The standard InChI is InChI=1S/C13H17BrO3S/c1-9(2)8-18(16,17)10(3)13(15)11-4-6-12(14)7-5-11/h4-7,9-10H,8H2,1-3H3. The Morgan fingerprint density at radius 2 is 1.67 bits per heavy atom. The van der Waals surface area contributed by atoms with Gasteiger partial charge in [0, 0.05) is 10.0 Å². The summed E-state index contributed by atoms with van der Waals surface area (Å²) >= 11 is 3.27. The highest BCUT2D eigenvalue weighted by atomic mass is 79.9. The predicted molar refractivity (Wildman–Crippen MR) is 76.6 cm³/mol. The lowest BCUT2D eigenvalue weighted by atomic mass is 10.1. The molecule has 1 rings (SSSR count). The normalized spacial score (nSPS) is 13.6. The van der Waals surface area contributed by atoms with Crippen molar-refractivity contribution in [1.82, 2.24) is 0 Å². The molecule has 1 aromatic rings. The van der Waals surface area contributed by atoms with E-state index in [1.165, 1.54) is 6.92 Å². The van der Waals surface area contributed by atoms with Crippen LogP contribution in [-0.2, 0) is 9.84 Å². The third kappa shape index (κ3) is 3.92. The van der Waals surface area contributed by atoms with Gasteiger partial charge in [-0.2, -0.15) is 0 Å². The van der Waals surface area contributed by atoms with Crippen molar-refractivity contribution in [3.8, 4) is 0 Å². The first-order valence-electron chi connectivity index (χ1n) is 5.75. The van der Waals surface area contributed by atoms with Crippen LogP contribution < -0.4 is 0 Å². The van der Waals surface area contributed by atoms with E-state index in [1.54, 1.807) is 24.3 Å².